The first-order chi connectivity index (χ1) is 14.7. The van der Waals surface area contributed by atoms with Gasteiger partial charge in [-0.2, -0.15) is 13.2 Å². The van der Waals surface area contributed by atoms with Crippen molar-refractivity contribution < 1.29 is 18.0 Å². The first-order valence-electron chi connectivity index (χ1n) is 10.0. The van der Waals surface area contributed by atoms with E-state index in [1.807, 2.05) is 13.0 Å². The quantitative estimate of drug-likeness (QED) is 0.465. The Balaban J connectivity index is 1.54. The molecule has 0 radical (unpaired) electrons. The Morgan fingerprint density at radius 1 is 1.16 bits per heavy atom. The van der Waals surface area contributed by atoms with Gasteiger partial charge in [-0.15, -0.1) is 11.3 Å². The van der Waals surface area contributed by atoms with Crippen LogP contribution in [-0.2, 0) is 6.18 Å². The highest BCUT2D eigenvalue weighted by atomic mass is 35.5. The summed E-state index contributed by atoms with van der Waals surface area (Å²) < 4.78 is 40.1. The van der Waals surface area contributed by atoms with E-state index in [2.05, 4.69) is 15.6 Å². The van der Waals surface area contributed by atoms with E-state index in [0.29, 0.717) is 27.4 Å². The van der Waals surface area contributed by atoms with Gasteiger partial charge in [-0.1, -0.05) is 11.6 Å². The number of hydrogen-bond donors (Lipinski definition) is 2. The van der Waals surface area contributed by atoms with E-state index in [1.54, 1.807) is 12.1 Å². The van der Waals surface area contributed by atoms with Crippen molar-refractivity contribution in [2.24, 2.45) is 0 Å². The zero-order valence-electron chi connectivity index (χ0n) is 16.7. The number of pyridine rings is 1. The first kappa shape index (κ1) is 21.9. The summed E-state index contributed by atoms with van der Waals surface area (Å²) in [5, 5.41) is 7.30. The summed E-state index contributed by atoms with van der Waals surface area (Å²) >= 11 is 7.52. The van der Waals surface area contributed by atoms with Crippen molar-refractivity contribution in [3.63, 3.8) is 0 Å². The topological polar surface area (TPSA) is 54.0 Å². The van der Waals surface area contributed by atoms with Gasteiger partial charge < -0.3 is 10.6 Å². The molecule has 31 heavy (non-hydrogen) atoms. The zero-order valence-corrected chi connectivity index (χ0v) is 18.3. The molecule has 4 rings (SSSR count). The molecule has 9 heteroatoms. The predicted octanol–water partition coefficient (Wildman–Crippen LogP) is 6.43. The second-order valence-corrected chi connectivity index (χ2v) is 9.53. The van der Waals surface area contributed by atoms with E-state index >= 15 is 0 Å². The lowest BCUT2D eigenvalue weighted by atomic mass is 9.90. The van der Waals surface area contributed by atoms with Crippen LogP contribution in [0.15, 0.2) is 36.4 Å². The third-order valence-electron chi connectivity index (χ3n) is 5.39. The predicted molar refractivity (Wildman–Crippen MR) is 118 cm³/mol. The SMILES string of the molecule is Cc1ccc(C(=O)NC2CCC[C@H](Nc3cc(C(F)(F)F)nc4ccc(Cl)cc34)C2)s1. The summed E-state index contributed by atoms with van der Waals surface area (Å²) in [7, 11) is 0. The van der Waals surface area contributed by atoms with Crippen LogP contribution in [0.5, 0.6) is 0 Å². The van der Waals surface area contributed by atoms with Crippen molar-refractivity contribution in [2.75, 3.05) is 5.32 Å². The Hall–Kier alpha value is -2.32. The van der Waals surface area contributed by atoms with E-state index in [1.165, 1.54) is 23.5 Å². The molecule has 1 amide bonds. The monoisotopic (exact) mass is 467 g/mol. The number of carbonyl (C=O) groups excluding carboxylic acids is 1. The minimum Gasteiger partial charge on any atom is -0.382 e. The van der Waals surface area contributed by atoms with Crippen LogP contribution in [0, 0.1) is 6.92 Å². The number of aromatic nitrogens is 1. The van der Waals surface area contributed by atoms with Gasteiger partial charge >= 0.3 is 6.18 Å². The van der Waals surface area contributed by atoms with E-state index in [-0.39, 0.29) is 23.5 Å². The molecule has 1 saturated carbocycles. The Morgan fingerprint density at radius 2 is 1.94 bits per heavy atom. The minimum absolute atomic E-state index is 0.0417. The molecule has 2 heterocycles. The Kier molecular flexibility index (Phi) is 6.12. The van der Waals surface area contributed by atoms with Crippen molar-refractivity contribution in [3.05, 3.63) is 56.9 Å². The van der Waals surface area contributed by atoms with Gasteiger partial charge in [-0.05, 0) is 69.0 Å². The minimum atomic E-state index is -4.55. The molecule has 164 valence electrons. The van der Waals surface area contributed by atoms with E-state index in [0.717, 1.165) is 30.2 Å². The lowest BCUT2D eigenvalue weighted by Crippen LogP contribution is -2.41. The van der Waals surface area contributed by atoms with Gasteiger partial charge in [-0.3, -0.25) is 4.79 Å². The van der Waals surface area contributed by atoms with Crippen LogP contribution in [-0.4, -0.2) is 23.0 Å². The molecule has 4 nitrogen and oxygen atoms in total. The van der Waals surface area contributed by atoms with Gasteiger partial charge in [0.2, 0.25) is 0 Å². The molecule has 3 aromatic rings. The molecule has 0 bridgehead atoms. The largest absolute Gasteiger partial charge is 0.433 e. The van der Waals surface area contributed by atoms with Crippen molar-refractivity contribution in [3.8, 4) is 0 Å². The summed E-state index contributed by atoms with van der Waals surface area (Å²) in [5.74, 6) is -0.107. The maximum Gasteiger partial charge on any atom is 0.433 e. The van der Waals surface area contributed by atoms with Gasteiger partial charge in [0.25, 0.3) is 5.91 Å². The first-order valence-corrected chi connectivity index (χ1v) is 11.2. The molecule has 1 aliphatic carbocycles. The fraction of sp³-hybridized carbons (Fsp3) is 0.364. The molecule has 2 atom stereocenters. The van der Waals surface area contributed by atoms with Crippen LogP contribution in [0.2, 0.25) is 5.02 Å². The number of alkyl halides is 3. The number of aryl methyl sites for hydroxylation is 1. The third kappa shape index (κ3) is 5.13. The number of nitrogens with one attached hydrogen (secondary N) is 2. The fourth-order valence-electron chi connectivity index (χ4n) is 3.95. The number of fused-ring (bicyclic) bond motifs is 1. The highest BCUT2D eigenvalue weighted by molar-refractivity contribution is 7.13. The highest BCUT2D eigenvalue weighted by Gasteiger charge is 2.34. The summed E-state index contributed by atoms with van der Waals surface area (Å²) in [5.41, 5.74) is -0.361. The lowest BCUT2D eigenvalue weighted by molar-refractivity contribution is -0.140. The van der Waals surface area contributed by atoms with Crippen LogP contribution in [0.1, 0.15) is 45.9 Å². The van der Waals surface area contributed by atoms with Crippen molar-refractivity contribution in [2.45, 2.75) is 50.9 Å². The normalized spacial score (nSPS) is 19.4. The molecule has 0 spiro atoms. The summed E-state index contributed by atoms with van der Waals surface area (Å²) in [6.07, 6.45) is -1.42. The molecule has 1 aliphatic rings. The van der Waals surface area contributed by atoms with Gasteiger partial charge in [0.1, 0.15) is 5.69 Å². The lowest BCUT2D eigenvalue weighted by Gasteiger charge is -2.31. The molecule has 1 fully saturated rings. The number of rotatable bonds is 4. The number of carbonyl (C=O) groups is 1. The Bertz CT molecular complexity index is 1120. The van der Waals surface area contributed by atoms with Gasteiger partial charge in [-0.25, -0.2) is 4.98 Å². The number of benzene rings is 1. The number of nitrogens with zero attached hydrogens (tertiary/aromatic N) is 1. The number of amides is 1. The molecular formula is C22H21ClF3N3OS. The van der Waals surface area contributed by atoms with Gasteiger partial charge in [0.05, 0.1) is 10.4 Å². The maximum absolute atomic E-state index is 13.4. The molecule has 1 unspecified atom stereocenters. The number of hydrogen-bond acceptors (Lipinski definition) is 4. The van der Waals surface area contributed by atoms with Crippen molar-refractivity contribution in [1.29, 1.82) is 0 Å². The highest BCUT2D eigenvalue weighted by Crippen LogP contribution is 2.35. The second kappa shape index (κ2) is 8.67. The van der Waals surface area contributed by atoms with Crippen LogP contribution in [0.3, 0.4) is 0 Å². The molecule has 0 saturated heterocycles. The van der Waals surface area contributed by atoms with Crippen LogP contribution >= 0.6 is 22.9 Å². The zero-order chi connectivity index (χ0) is 22.2. The summed E-state index contributed by atoms with van der Waals surface area (Å²) in [6, 6.07) is 9.27. The standard InChI is InChI=1S/C22H21ClF3N3OS/c1-12-5-8-19(31-12)21(30)28-15-4-2-3-14(10-15)27-18-11-20(22(24,25)26)29-17-7-6-13(23)9-16(17)18/h5-9,11,14-15H,2-4,10H2,1H3,(H,27,29)(H,28,30)/t14-,15?/m0/s1. The average Bonchev–Trinajstić information content (AvgIpc) is 3.14. The average molecular weight is 468 g/mol. The molecule has 0 aliphatic heterocycles. The number of thiophene rings is 1. The van der Waals surface area contributed by atoms with Crippen LogP contribution in [0.4, 0.5) is 18.9 Å². The van der Waals surface area contributed by atoms with E-state index < -0.39 is 11.9 Å². The molecular weight excluding hydrogens is 447 g/mol. The van der Waals surface area contributed by atoms with Crippen molar-refractivity contribution >= 4 is 45.4 Å². The maximum atomic E-state index is 13.4. The molecule has 2 N–H and O–H groups in total. The summed E-state index contributed by atoms with van der Waals surface area (Å²) in [6.45, 7) is 1.95. The van der Waals surface area contributed by atoms with Gasteiger partial charge in [0, 0.05) is 33.1 Å². The van der Waals surface area contributed by atoms with E-state index in [9.17, 15) is 18.0 Å². The molecule has 2 aromatic heterocycles. The third-order valence-corrected chi connectivity index (χ3v) is 6.63. The smallest absolute Gasteiger partial charge is 0.382 e. The van der Waals surface area contributed by atoms with Crippen molar-refractivity contribution in [1.82, 2.24) is 10.3 Å². The van der Waals surface area contributed by atoms with Crippen LogP contribution in [0.25, 0.3) is 10.9 Å². The number of anilines is 1. The summed E-state index contributed by atoms with van der Waals surface area (Å²) in [4.78, 5) is 18.0. The Labute approximate surface area is 186 Å². The Morgan fingerprint density at radius 3 is 2.65 bits per heavy atom. The second-order valence-electron chi connectivity index (χ2n) is 7.80. The van der Waals surface area contributed by atoms with Gasteiger partial charge in [0.15, 0.2) is 0 Å². The number of halogens is 4. The van der Waals surface area contributed by atoms with E-state index in [4.69, 9.17) is 11.6 Å². The fourth-order valence-corrected chi connectivity index (χ4v) is 4.89. The molecule has 1 aromatic carbocycles. The van der Waals surface area contributed by atoms with Crippen LogP contribution < -0.4 is 10.6 Å².